The fourth-order valence-corrected chi connectivity index (χ4v) is 3.20. The van der Waals surface area contributed by atoms with Gasteiger partial charge in [0.2, 0.25) is 6.79 Å². The topological polar surface area (TPSA) is 116 Å². The van der Waals surface area contributed by atoms with Crippen LogP contribution in [0, 0.1) is 0 Å². The van der Waals surface area contributed by atoms with Gasteiger partial charge in [0.05, 0.1) is 6.61 Å². The van der Waals surface area contributed by atoms with Crippen LogP contribution < -0.4 is 19.5 Å². The number of carbonyl (C=O) groups is 1. The Labute approximate surface area is 180 Å². The first-order valence-electron chi connectivity index (χ1n) is 10.1. The van der Waals surface area contributed by atoms with Gasteiger partial charge in [0.1, 0.15) is 18.5 Å². The second-order valence-corrected chi connectivity index (χ2v) is 6.67. The van der Waals surface area contributed by atoms with E-state index in [4.69, 9.17) is 28.8 Å². The highest BCUT2D eigenvalue weighted by Crippen LogP contribution is 2.35. The van der Waals surface area contributed by atoms with Crippen LogP contribution in [-0.4, -0.2) is 55.6 Å². The van der Waals surface area contributed by atoms with Crippen molar-refractivity contribution >= 4 is 11.8 Å². The van der Waals surface area contributed by atoms with Crippen LogP contribution in [0.15, 0.2) is 42.5 Å². The average molecular weight is 433 g/mol. The summed E-state index contributed by atoms with van der Waals surface area (Å²) in [6, 6.07) is 12.0. The molecule has 31 heavy (non-hydrogen) atoms. The van der Waals surface area contributed by atoms with E-state index in [1.54, 1.807) is 42.5 Å². The van der Waals surface area contributed by atoms with Crippen LogP contribution in [-0.2, 0) is 9.47 Å². The summed E-state index contributed by atoms with van der Waals surface area (Å²) in [7, 11) is 0. The van der Waals surface area contributed by atoms with E-state index in [1.165, 1.54) is 0 Å². The van der Waals surface area contributed by atoms with Crippen molar-refractivity contribution in [3.05, 3.63) is 48.0 Å². The van der Waals surface area contributed by atoms with Crippen LogP contribution in [0.1, 0.15) is 25.0 Å². The summed E-state index contributed by atoms with van der Waals surface area (Å²) >= 11 is 0. The quantitative estimate of drug-likeness (QED) is 0.496. The Bertz CT molecular complexity index is 853. The molecule has 0 saturated heterocycles. The van der Waals surface area contributed by atoms with Crippen LogP contribution >= 0.6 is 0 Å². The minimum atomic E-state index is -0.793. The van der Waals surface area contributed by atoms with Crippen molar-refractivity contribution in [1.82, 2.24) is 0 Å². The van der Waals surface area contributed by atoms with Gasteiger partial charge in [-0.15, -0.1) is 0 Å². The molecule has 1 aliphatic rings. The molecule has 0 fully saturated rings. The molecule has 0 radical (unpaired) electrons. The van der Waals surface area contributed by atoms with E-state index in [1.807, 2.05) is 6.92 Å². The number of aliphatic hydroxyl groups is 2. The first-order chi connectivity index (χ1) is 15.1. The SMILES string of the molecule is CCO[C@H](CCO)[C@H](OC(=O)Nc1ccc2c(c1)OCO2)c1cccc(OCCO)c1. The number of amides is 1. The zero-order chi connectivity index (χ0) is 22.1. The van der Waals surface area contributed by atoms with Gasteiger partial charge in [-0.05, 0) is 36.8 Å². The predicted octanol–water partition coefficient (Wildman–Crippen LogP) is 2.86. The third-order valence-corrected chi connectivity index (χ3v) is 4.53. The third-order valence-electron chi connectivity index (χ3n) is 4.53. The molecule has 9 nitrogen and oxygen atoms in total. The molecular weight excluding hydrogens is 406 g/mol. The molecule has 0 saturated carbocycles. The van der Waals surface area contributed by atoms with Crippen molar-refractivity contribution in [2.24, 2.45) is 0 Å². The van der Waals surface area contributed by atoms with Gasteiger partial charge >= 0.3 is 6.09 Å². The highest BCUT2D eigenvalue weighted by molar-refractivity contribution is 5.85. The Kier molecular flexibility index (Phi) is 8.34. The fourth-order valence-electron chi connectivity index (χ4n) is 3.20. The van der Waals surface area contributed by atoms with Crippen LogP contribution in [0.5, 0.6) is 17.2 Å². The lowest BCUT2D eigenvalue weighted by Crippen LogP contribution is -2.29. The Balaban J connectivity index is 1.78. The van der Waals surface area contributed by atoms with E-state index >= 15 is 0 Å². The maximum Gasteiger partial charge on any atom is 0.412 e. The Morgan fingerprint density at radius 1 is 1.13 bits per heavy atom. The Morgan fingerprint density at radius 2 is 1.97 bits per heavy atom. The summed E-state index contributed by atoms with van der Waals surface area (Å²) in [5, 5.41) is 21.1. The standard InChI is InChI=1S/C22H27NO8/c1-2-27-19(8-9-24)21(15-4-3-5-17(12-15)28-11-10-25)31-22(26)23-16-6-7-18-20(13-16)30-14-29-18/h3-7,12-13,19,21,24-25H,2,8-11,14H2,1H3,(H,23,26)/t19-,21-/m1/s1. The molecule has 2 aromatic rings. The van der Waals surface area contributed by atoms with Gasteiger partial charge in [0.15, 0.2) is 17.6 Å². The number of hydrogen-bond donors (Lipinski definition) is 3. The molecular formula is C22H27NO8. The summed E-state index contributed by atoms with van der Waals surface area (Å²) in [5.41, 5.74) is 1.13. The van der Waals surface area contributed by atoms with Crippen molar-refractivity contribution in [3.63, 3.8) is 0 Å². The number of nitrogens with one attached hydrogen (secondary N) is 1. The van der Waals surface area contributed by atoms with Gasteiger partial charge < -0.3 is 33.9 Å². The van der Waals surface area contributed by atoms with E-state index in [2.05, 4.69) is 5.32 Å². The van der Waals surface area contributed by atoms with E-state index in [9.17, 15) is 9.90 Å². The van der Waals surface area contributed by atoms with Crippen LogP contribution in [0.3, 0.4) is 0 Å². The van der Waals surface area contributed by atoms with E-state index < -0.39 is 18.3 Å². The first-order valence-corrected chi connectivity index (χ1v) is 10.1. The molecule has 0 bridgehead atoms. The van der Waals surface area contributed by atoms with Crippen LogP contribution in [0.2, 0.25) is 0 Å². The van der Waals surface area contributed by atoms with E-state index in [-0.39, 0.29) is 33.0 Å². The maximum atomic E-state index is 12.7. The third kappa shape index (κ3) is 6.24. The molecule has 3 rings (SSSR count). The molecule has 3 N–H and O–H groups in total. The summed E-state index contributed by atoms with van der Waals surface area (Å²) in [6.07, 6.45) is -1.77. The number of anilines is 1. The summed E-state index contributed by atoms with van der Waals surface area (Å²) in [5.74, 6) is 1.67. The average Bonchev–Trinajstić information content (AvgIpc) is 3.24. The molecule has 2 atom stereocenters. The molecule has 168 valence electrons. The number of ether oxygens (including phenoxy) is 5. The minimum Gasteiger partial charge on any atom is -0.491 e. The molecule has 0 aliphatic carbocycles. The summed E-state index contributed by atoms with van der Waals surface area (Å²) in [6.45, 7) is 2.25. The molecule has 2 aromatic carbocycles. The number of rotatable bonds is 11. The zero-order valence-electron chi connectivity index (χ0n) is 17.3. The van der Waals surface area contributed by atoms with Crippen molar-refractivity contribution < 1.29 is 38.7 Å². The van der Waals surface area contributed by atoms with Crippen LogP contribution in [0.4, 0.5) is 10.5 Å². The highest BCUT2D eigenvalue weighted by Gasteiger charge is 2.28. The molecule has 0 unspecified atom stereocenters. The van der Waals surface area contributed by atoms with Gasteiger partial charge in [-0.1, -0.05) is 12.1 Å². The second kappa shape index (κ2) is 11.4. The van der Waals surface area contributed by atoms with Crippen LogP contribution in [0.25, 0.3) is 0 Å². The van der Waals surface area contributed by atoms with Crippen molar-refractivity contribution in [1.29, 1.82) is 0 Å². The first kappa shape index (κ1) is 22.7. The largest absolute Gasteiger partial charge is 0.491 e. The van der Waals surface area contributed by atoms with Gasteiger partial charge in [0.25, 0.3) is 0 Å². The Morgan fingerprint density at radius 3 is 2.74 bits per heavy atom. The molecule has 0 spiro atoms. The molecule has 0 aromatic heterocycles. The second-order valence-electron chi connectivity index (χ2n) is 6.67. The summed E-state index contributed by atoms with van der Waals surface area (Å²) in [4.78, 5) is 12.7. The number of aliphatic hydroxyl groups excluding tert-OH is 2. The molecule has 9 heteroatoms. The number of hydrogen-bond acceptors (Lipinski definition) is 8. The van der Waals surface area contributed by atoms with E-state index in [0.717, 1.165) is 0 Å². The summed E-state index contributed by atoms with van der Waals surface area (Å²) < 4.78 is 27.5. The van der Waals surface area contributed by atoms with Gasteiger partial charge in [-0.2, -0.15) is 0 Å². The Hall–Kier alpha value is -3.01. The zero-order valence-corrected chi connectivity index (χ0v) is 17.3. The number of benzene rings is 2. The van der Waals surface area contributed by atoms with Gasteiger partial charge in [0, 0.05) is 31.4 Å². The number of carbonyl (C=O) groups excluding carboxylic acids is 1. The van der Waals surface area contributed by atoms with Crippen molar-refractivity contribution in [3.8, 4) is 17.2 Å². The van der Waals surface area contributed by atoms with Crippen molar-refractivity contribution in [2.75, 3.05) is 38.5 Å². The smallest absolute Gasteiger partial charge is 0.412 e. The lowest BCUT2D eigenvalue weighted by Gasteiger charge is -2.27. The minimum absolute atomic E-state index is 0.117. The van der Waals surface area contributed by atoms with Gasteiger partial charge in [-0.3, -0.25) is 5.32 Å². The normalized spacial score (nSPS) is 14.0. The lowest BCUT2D eigenvalue weighted by atomic mass is 10.0. The lowest BCUT2D eigenvalue weighted by molar-refractivity contribution is -0.0484. The van der Waals surface area contributed by atoms with Crippen molar-refractivity contribution in [2.45, 2.75) is 25.6 Å². The monoisotopic (exact) mass is 433 g/mol. The highest BCUT2D eigenvalue weighted by atomic mass is 16.7. The maximum absolute atomic E-state index is 12.7. The number of fused-ring (bicyclic) bond motifs is 1. The van der Waals surface area contributed by atoms with E-state index in [0.29, 0.717) is 35.1 Å². The predicted molar refractivity (Wildman–Crippen MR) is 112 cm³/mol. The molecule has 1 amide bonds. The van der Waals surface area contributed by atoms with Gasteiger partial charge in [-0.25, -0.2) is 4.79 Å². The molecule has 1 heterocycles. The fraction of sp³-hybridized carbons (Fsp3) is 0.409. The molecule has 1 aliphatic heterocycles.